The van der Waals surface area contributed by atoms with Gasteiger partial charge >= 0.3 is 0 Å². The topological polar surface area (TPSA) is 89.9 Å². The lowest BCUT2D eigenvalue weighted by atomic mass is 9.92. The number of hydrazone groups is 1. The highest BCUT2D eigenvalue weighted by Crippen LogP contribution is 2.40. The lowest BCUT2D eigenvalue weighted by molar-refractivity contribution is 0.0592. The molecule has 170 valence electrons. The number of thiazole rings is 1. The number of nitriles is 1. The van der Waals surface area contributed by atoms with Crippen LogP contribution in [0.4, 0.5) is 5.82 Å². The molecule has 1 aromatic carbocycles. The molecule has 1 aliphatic rings. The van der Waals surface area contributed by atoms with Crippen molar-refractivity contribution in [3.05, 3.63) is 81.7 Å². The van der Waals surface area contributed by atoms with Crippen LogP contribution in [0.2, 0.25) is 0 Å². The van der Waals surface area contributed by atoms with Crippen molar-refractivity contribution in [3.63, 3.8) is 0 Å². The van der Waals surface area contributed by atoms with Crippen LogP contribution in [-0.4, -0.2) is 37.9 Å². The van der Waals surface area contributed by atoms with Gasteiger partial charge in [-0.1, -0.05) is 6.07 Å². The van der Waals surface area contributed by atoms with Crippen molar-refractivity contribution in [1.29, 1.82) is 5.26 Å². The van der Waals surface area contributed by atoms with Gasteiger partial charge in [-0.25, -0.2) is 15.0 Å². The molecular weight excluding hydrogens is 446 g/mol. The predicted molar refractivity (Wildman–Crippen MR) is 132 cm³/mol. The fraction of sp³-hybridized carbons (Fsp3) is 0.240. The highest BCUT2D eigenvalue weighted by molar-refractivity contribution is 7.07. The Labute approximate surface area is 201 Å². The molecule has 0 fully saturated rings. The first kappa shape index (κ1) is 21.8. The standard InChI is InChI=1S/C25H23N7OS/c1-4-32(23-22-8-6-19(12-26)30(22)10-9-27-23)29-13-17-5-7-20-21(11-17)25(2,3)31(24(20)33)14-18-15-34-16-28-18/h5-11,13,15-16H,4,14H2,1-3H3/b29-13+. The first-order valence-electron chi connectivity index (χ1n) is 10.9. The number of hydrogen-bond donors (Lipinski definition) is 0. The number of nitrogens with zero attached hydrogens (tertiary/aromatic N) is 7. The Bertz CT molecular complexity index is 1450. The summed E-state index contributed by atoms with van der Waals surface area (Å²) >= 11 is 1.53. The third kappa shape index (κ3) is 3.53. The minimum Gasteiger partial charge on any atom is -0.323 e. The molecule has 0 N–H and O–H groups in total. The monoisotopic (exact) mass is 469 g/mol. The van der Waals surface area contributed by atoms with Crippen molar-refractivity contribution >= 4 is 34.8 Å². The first-order valence-corrected chi connectivity index (χ1v) is 11.9. The summed E-state index contributed by atoms with van der Waals surface area (Å²) in [6.45, 7) is 7.21. The summed E-state index contributed by atoms with van der Waals surface area (Å²) in [4.78, 5) is 23.8. The van der Waals surface area contributed by atoms with E-state index in [1.807, 2.05) is 41.5 Å². The van der Waals surface area contributed by atoms with Crippen LogP contribution in [-0.2, 0) is 12.1 Å². The molecule has 0 unspecified atom stereocenters. The molecule has 5 rings (SSSR count). The Balaban J connectivity index is 1.45. The number of aromatic nitrogens is 3. The van der Waals surface area contributed by atoms with Crippen molar-refractivity contribution in [2.75, 3.05) is 11.6 Å². The maximum Gasteiger partial charge on any atom is 0.255 e. The van der Waals surface area contributed by atoms with Crippen LogP contribution in [0.5, 0.6) is 0 Å². The van der Waals surface area contributed by atoms with Gasteiger partial charge in [-0.3, -0.25) is 4.79 Å². The van der Waals surface area contributed by atoms with E-state index >= 15 is 0 Å². The van der Waals surface area contributed by atoms with Gasteiger partial charge in [-0.2, -0.15) is 10.4 Å². The molecule has 0 saturated heterocycles. The Morgan fingerprint density at radius 2 is 2.12 bits per heavy atom. The predicted octanol–water partition coefficient (Wildman–Crippen LogP) is 4.41. The number of fused-ring (bicyclic) bond motifs is 2. The second-order valence-corrected chi connectivity index (χ2v) is 9.25. The van der Waals surface area contributed by atoms with Crippen LogP contribution in [0.3, 0.4) is 0 Å². The number of carbonyl (C=O) groups is 1. The van der Waals surface area contributed by atoms with E-state index in [0.717, 1.165) is 22.3 Å². The second-order valence-electron chi connectivity index (χ2n) is 8.53. The van der Waals surface area contributed by atoms with E-state index in [9.17, 15) is 10.1 Å². The van der Waals surface area contributed by atoms with E-state index in [1.54, 1.807) is 39.6 Å². The molecule has 1 amide bonds. The summed E-state index contributed by atoms with van der Waals surface area (Å²) < 4.78 is 1.81. The van der Waals surface area contributed by atoms with Crippen molar-refractivity contribution in [2.24, 2.45) is 5.10 Å². The third-order valence-corrected chi connectivity index (χ3v) is 6.86. The molecule has 0 aliphatic carbocycles. The van der Waals surface area contributed by atoms with Gasteiger partial charge in [0.2, 0.25) is 0 Å². The zero-order valence-electron chi connectivity index (χ0n) is 19.1. The van der Waals surface area contributed by atoms with Gasteiger partial charge in [0.1, 0.15) is 11.8 Å². The molecule has 0 spiro atoms. The number of rotatable bonds is 6. The SMILES string of the molecule is CCN(/N=C/c1ccc2c(c1)C(C)(C)N(Cc1cscn1)C2=O)c1nccn2c(C#N)ccc12. The molecule has 3 aromatic heterocycles. The fourth-order valence-corrected chi connectivity index (χ4v) is 4.92. The van der Waals surface area contributed by atoms with E-state index in [0.29, 0.717) is 30.2 Å². The quantitative estimate of drug-likeness (QED) is 0.308. The van der Waals surface area contributed by atoms with Gasteiger partial charge in [0.25, 0.3) is 5.91 Å². The molecule has 9 heteroatoms. The zero-order chi connectivity index (χ0) is 23.9. The molecular formula is C25H23N7OS. The van der Waals surface area contributed by atoms with Crippen molar-refractivity contribution in [1.82, 2.24) is 19.3 Å². The number of anilines is 1. The second kappa shape index (κ2) is 8.39. The van der Waals surface area contributed by atoms with Crippen molar-refractivity contribution < 1.29 is 4.79 Å². The van der Waals surface area contributed by atoms with Gasteiger partial charge in [-0.05, 0) is 56.2 Å². The summed E-state index contributed by atoms with van der Waals surface area (Å²) in [5.41, 5.74) is 6.17. The van der Waals surface area contributed by atoms with E-state index in [4.69, 9.17) is 0 Å². The highest BCUT2D eigenvalue weighted by Gasteiger charge is 2.43. The maximum absolute atomic E-state index is 13.1. The zero-order valence-corrected chi connectivity index (χ0v) is 20.0. The first-order chi connectivity index (χ1) is 16.4. The maximum atomic E-state index is 13.1. The number of carbonyl (C=O) groups excluding carboxylic acids is 1. The minimum absolute atomic E-state index is 0.0177. The van der Waals surface area contributed by atoms with Crippen LogP contribution in [0.25, 0.3) is 5.52 Å². The lowest BCUT2D eigenvalue weighted by Crippen LogP contribution is -2.38. The van der Waals surface area contributed by atoms with E-state index in [1.165, 1.54) is 11.3 Å². The summed E-state index contributed by atoms with van der Waals surface area (Å²) in [6, 6.07) is 11.7. The Hall–Kier alpha value is -4.03. The van der Waals surface area contributed by atoms with Crippen LogP contribution < -0.4 is 5.01 Å². The van der Waals surface area contributed by atoms with Crippen LogP contribution in [0.1, 0.15) is 53.6 Å². The van der Waals surface area contributed by atoms with Crippen molar-refractivity contribution in [2.45, 2.75) is 32.9 Å². The summed E-state index contributed by atoms with van der Waals surface area (Å²) in [6.07, 6.45) is 5.22. The number of benzene rings is 1. The average Bonchev–Trinajstić information content (AvgIpc) is 3.55. The summed E-state index contributed by atoms with van der Waals surface area (Å²) in [5, 5.41) is 17.8. The number of amides is 1. The molecule has 4 heterocycles. The lowest BCUT2D eigenvalue weighted by Gasteiger charge is -2.32. The molecule has 0 saturated carbocycles. The Kier molecular flexibility index (Phi) is 5.38. The van der Waals surface area contributed by atoms with E-state index in [2.05, 4.69) is 35.0 Å². The molecule has 34 heavy (non-hydrogen) atoms. The van der Waals surface area contributed by atoms with Gasteiger partial charge in [0, 0.05) is 29.9 Å². The van der Waals surface area contributed by atoms with E-state index in [-0.39, 0.29) is 5.91 Å². The minimum atomic E-state index is -0.461. The van der Waals surface area contributed by atoms with Gasteiger partial charge in [-0.15, -0.1) is 11.3 Å². The largest absolute Gasteiger partial charge is 0.323 e. The van der Waals surface area contributed by atoms with E-state index < -0.39 is 5.54 Å². The fourth-order valence-electron chi connectivity index (χ4n) is 4.37. The molecule has 8 nitrogen and oxygen atoms in total. The van der Waals surface area contributed by atoms with Crippen molar-refractivity contribution in [3.8, 4) is 6.07 Å². The molecule has 0 radical (unpaired) electrons. The van der Waals surface area contributed by atoms with Crippen LogP contribution >= 0.6 is 11.3 Å². The van der Waals surface area contributed by atoms with Gasteiger partial charge in [0.15, 0.2) is 5.82 Å². The summed E-state index contributed by atoms with van der Waals surface area (Å²) in [7, 11) is 0. The Morgan fingerprint density at radius 1 is 1.26 bits per heavy atom. The molecule has 0 atom stereocenters. The van der Waals surface area contributed by atoms with Gasteiger partial charge < -0.3 is 9.30 Å². The highest BCUT2D eigenvalue weighted by atomic mass is 32.1. The average molecular weight is 470 g/mol. The smallest absolute Gasteiger partial charge is 0.255 e. The van der Waals surface area contributed by atoms with Gasteiger partial charge in [0.05, 0.1) is 35.0 Å². The molecule has 0 bridgehead atoms. The molecule has 4 aromatic rings. The number of hydrogen-bond acceptors (Lipinski definition) is 7. The van der Waals surface area contributed by atoms with Crippen LogP contribution in [0, 0.1) is 11.3 Å². The normalized spacial score (nSPS) is 14.6. The third-order valence-electron chi connectivity index (χ3n) is 6.22. The Morgan fingerprint density at radius 3 is 2.85 bits per heavy atom. The van der Waals surface area contributed by atoms with Crippen LogP contribution in [0.15, 0.2) is 58.7 Å². The molecule has 1 aliphatic heterocycles. The summed E-state index contributed by atoms with van der Waals surface area (Å²) in [5.74, 6) is 0.693.